The third-order valence-electron chi connectivity index (χ3n) is 2.50. The Morgan fingerprint density at radius 3 is 2.53 bits per heavy atom. The highest BCUT2D eigenvalue weighted by Gasteiger charge is 2.15. The highest BCUT2D eigenvalue weighted by molar-refractivity contribution is 4.99. The zero-order chi connectivity index (χ0) is 11.4. The molecule has 0 aliphatic rings. The van der Waals surface area contributed by atoms with Crippen molar-refractivity contribution in [1.82, 2.24) is 20.1 Å². The Labute approximate surface area is 92.1 Å². The lowest BCUT2D eigenvalue weighted by molar-refractivity contribution is 0.513. The summed E-state index contributed by atoms with van der Waals surface area (Å²) in [4.78, 5) is 4.58. The molecule has 0 fully saturated rings. The fourth-order valence-corrected chi connectivity index (χ4v) is 1.72. The van der Waals surface area contributed by atoms with Crippen molar-refractivity contribution < 1.29 is 0 Å². The fraction of sp³-hybridized carbons (Fsp3) is 0.818. The molecular formula is C11H22N4. The van der Waals surface area contributed by atoms with Crippen LogP contribution in [0.25, 0.3) is 0 Å². The Morgan fingerprint density at radius 1 is 1.40 bits per heavy atom. The zero-order valence-corrected chi connectivity index (χ0v) is 10.4. The molecule has 0 aliphatic heterocycles. The summed E-state index contributed by atoms with van der Waals surface area (Å²) in [6.07, 6.45) is 1.98. The molecule has 0 aromatic carbocycles. The quantitative estimate of drug-likeness (QED) is 0.804. The van der Waals surface area contributed by atoms with Crippen molar-refractivity contribution in [2.24, 2.45) is 13.0 Å². The normalized spacial score (nSPS) is 13.5. The van der Waals surface area contributed by atoms with Gasteiger partial charge in [-0.25, -0.2) is 4.98 Å². The van der Waals surface area contributed by atoms with Crippen LogP contribution < -0.4 is 5.32 Å². The third kappa shape index (κ3) is 3.02. The highest BCUT2D eigenvalue weighted by atomic mass is 15.3. The van der Waals surface area contributed by atoms with Gasteiger partial charge in [0, 0.05) is 13.5 Å². The first-order valence-corrected chi connectivity index (χ1v) is 5.65. The van der Waals surface area contributed by atoms with E-state index in [1.165, 1.54) is 0 Å². The molecule has 0 saturated carbocycles. The van der Waals surface area contributed by atoms with E-state index in [0.717, 1.165) is 24.5 Å². The van der Waals surface area contributed by atoms with Crippen LogP contribution in [0, 0.1) is 5.92 Å². The van der Waals surface area contributed by atoms with Crippen LogP contribution >= 0.6 is 0 Å². The van der Waals surface area contributed by atoms with Crippen LogP contribution in [-0.4, -0.2) is 21.8 Å². The van der Waals surface area contributed by atoms with Crippen molar-refractivity contribution in [1.29, 1.82) is 0 Å². The monoisotopic (exact) mass is 210 g/mol. The van der Waals surface area contributed by atoms with Gasteiger partial charge in [0.05, 0.1) is 6.04 Å². The molecule has 1 N–H and O–H groups in total. The molecule has 4 nitrogen and oxygen atoms in total. The molecular weight excluding hydrogens is 188 g/mol. The number of nitrogens with one attached hydrogen (secondary N) is 1. The summed E-state index contributed by atoms with van der Waals surface area (Å²) < 4.78 is 1.89. The Hall–Kier alpha value is -0.900. The topological polar surface area (TPSA) is 42.7 Å². The first kappa shape index (κ1) is 12.2. The second kappa shape index (κ2) is 5.26. The Balaban J connectivity index is 2.85. The molecule has 1 aromatic heterocycles. The summed E-state index contributed by atoms with van der Waals surface area (Å²) in [5, 5.41) is 7.69. The van der Waals surface area contributed by atoms with Gasteiger partial charge in [-0.2, -0.15) is 5.10 Å². The zero-order valence-electron chi connectivity index (χ0n) is 10.4. The lowest BCUT2D eigenvalue weighted by atomic mass is 10.1. The van der Waals surface area contributed by atoms with E-state index in [9.17, 15) is 0 Å². The minimum atomic E-state index is 0.309. The molecule has 0 aliphatic carbocycles. The van der Waals surface area contributed by atoms with Gasteiger partial charge in [-0.3, -0.25) is 4.68 Å². The standard InChI is InChI=1S/C11H22N4/c1-6-9(12-4)11-13-10(7-8(2)3)14-15(11)5/h8-9,12H,6-7H2,1-5H3. The van der Waals surface area contributed by atoms with Gasteiger partial charge in [-0.15, -0.1) is 0 Å². The maximum atomic E-state index is 4.58. The van der Waals surface area contributed by atoms with E-state index >= 15 is 0 Å². The third-order valence-corrected chi connectivity index (χ3v) is 2.50. The minimum Gasteiger partial charge on any atom is -0.310 e. The average molecular weight is 210 g/mol. The summed E-state index contributed by atoms with van der Waals surface area (Å²) >= 11 is 0. The lowest BCUT2D eigenvalue weighted by Crippen LogP contribution is -2.19. The first-order valence-electron chi connectivity index (χ1n) is 5.65. The number of aryl methyl sites for hydroxylation is 1. The van der Waals surface area contributed by atoms with Gasteiger partial charge in [-0.1, -0.05) is 20.8 Å². The van der Waals surface area contributed by atoms with Crippen LogP contribution in [-0.2, 0) is 13.5 Å². The Kier molecular flexibility index (Phi) is 4.27. The Morgan fingerprint density at radius 2 is 2.07 bits per heavy atom. The van der Waals surface area contributed by atoms with Gasteiger partial charge >= 0.3 is 0 Å². The van der Waals surface area contributed by atoms with E-state index in [1.54, 1.807) is 0 Å². The van der Waals surface area contributed by atoms with Crippen LogP contribution in [0.4, 0.5) is 0 Å². The minimum absolute atomic E-state index is 0.309. The first-order chi connectivity index (χ1) is 7.08. The van der Waals surface area contributed by atoms with Gasteiger partial charge in [0.2, 0.25) is 0 Å². The second-order valence-electron chi connectivity index (χ2n) is 4.36. The van der Waals surface area contributed by atoms with Gasteiger partial charge in [-0.05, 0) is 19.4 Å². The SMILES string of the molecule is CCC(NC)c1nc(CC(C)C)nn1C. The van der Waals surface area contributed by atoms with E-state index in [4.69, 9.17) is 0 Å². The maximum Gasteiger partial charge on any atom is 0.151 e. The molecule has 0 saturated heterocycles. The molecule has 15 heavy (non-hydrogen) atoms. The van der Waals surface area contributed by atoms with Crippen LogP contribution in [0.3, 0.4) is 0 Å². The van der Waals surface area contributed by atoms with Gasteiger partial charge < -0.3 is 5.32 Å². The molecule has 1 atom stereocenters. The Bertz CT molecular complexity index is 300. The average Bonchev–Trinajstić information content (AvgIpc) is 2.48. The van der Waals surface area contributed by atoms with E-state index in [-0.39, 0.29) is 0 Å². The van der Waals surface area contributed by atoms with E-state index in [1.807, 2.05) is 18.8 Å². The summed E-state index contributed by atoms with van der Waals surface area (Å²) in [7, 11) is 3.93. The second-order valence-corrected chi connectivity index (χ2v) is 4.36. The molecule has 86 valence electrons. The van der Waals surface area contributed by atoms with Crippen molar-refractivity contribution in [3.8, 4) is 0 Å². The van der Waals surface area contributed by atoms with Crippen molar-refractivity contribution in [3.05, 3.63) is 11.6 Å². The smallest absolute Gasteiger partial charge is 0.151 e. The molecule has 1 rings (SSSR count). The molecule has 0 spiro atoms. The van der Waals surface area contributed by atoms with Crippen LogP contribution in [0.15, 0.2) is 0 Å². The summed E-state index contributed by atoms with van der Waals surface area (Å²) in [6.45, 7) is 6.52. The summed E-state index contributed by atoms with van der Waals surface area (Å²) in [6, 6.07) is 0.309. The van der Waals surface area contributed by atoms with Crippen LogP contribution in [0.1, 0.15) is 44.9 Å². The van der Waals surface area contributed by atoms with Crippen LogP contribution in [0.2, 0.25) is 0 Å². The maximum absolute atomic E-state index is 4.58. The molecule has 4 heteroatoms. The summed E-state index contributed by atoms with van der Waals surface area (Å²) in [5.74, 6) is 2.60. The predicted molar refractivity (Wildman–Crippen MR) is 61.6 cm³/mol. The fourth-order valence-electron chi connectivity index (χ4n) is 1.72. The molecule has 1 unspecified atom stereocenters. The molecule has 0 radical (unpaired) electrons. The number of hydrogen-bond donors (Lipinski definition) is 1. The molecule has 0 bridgehead atoms. The van der Waals surface area contributed by atoms with Gasteiger partial charge in [0.15, 0.2) is 5.82 Å². The van der Waals surface area contributed by atoms with Crippen molar-refractivity contribution in [2.45, 2.75) is 39.7 Å². The largest absolute Gasteiger partial charge is 0.310 e. The predicted octanol–water partition coefficient (Wildman–Crippen LogP) is 1.68. The molecule has 0 amide bonds. The number of aromatic nitrogens is 3. The van der Waals surface area contributed by atoms with Crippen molar-refractivity contribution in [3.63, 3.8) is 0 Å². The van der Waals surface area contributed by atoms with Crippen LogP contribution in [0.5, 0.6) is 0 Å². The summed E-state index contributed by atoms with van der Waals surface area (Å²) in [5.41, 5.74) is 0. The van der Waals surface area contributed by atoms with Gasteiger partial charge in [0.25, 0.3) is 0 Å². The number of nitrogens with zero attached hydrogens (tertiary/aromatic N) is 3. The van der Waals surface area contributed by atoms with E-state index in [2.05, 4.69) is 36.2 Å². The van der Waals surface area contributed by atoms with E-state index < -0.39 is 0 Å². The van der Waals surface area contributed by atoms with E-state index in [0.29, 0.717) is 12.0 Å². The lowest BCUT2D eigenvalue weighted by Gasteiger charge is -2.11. The number of rotatable bonds is 5. The van der Waals surface area contributed by atoms with Crippen molar-refractivity contribution >= 4 is 0 Å². The number of hydrogen-bond acceptors (Lipinski definition) is 3. The molecule has 1 aromatic rings. The van der Waals surface area contributed by atoms with Crippen molar-refractivity contribution in [2.75, 3.05) is 7.05 Å². The van der Waals surface area contributed by atoms with Gasteiger partial charge in [0.1, 0.15) is 5.82 Å². The molecule has 1 heterocycles. The highest BCUT2D eigenvalue weighted by Crippen LogP contribution is 2.14.